The quantitative estimate of drug-likeness (QED) is 0.600. The first-order valence-corrected chi connectivity index (χ1v) is 5.00. The molecule has 0 saturated carbocycles. The van der Waals surface area contributed by atoms with Crippen LogP contribution in [0.25, 0.3) is 0 Å². The molecule has 0 aliphatic carbocycles. The number of likely N-dealkylation sites (N-methyl/N-ethyl adjacent to an activating group) is 1. The number of rotatable bonds is 4. The van der Waals surface area contributed by atoms with E-state index in [1.54, 1.807) is 19.2 Å². The largest absolute Gasteiger partial charge is 0.508 e. The number of phenols is 2. The van der Waals surface area contributed by atoms with Gasteiger partial charge in [0.25, 0.3) is 0 Å². The van der Waals surface area contributed by atoms with Crippen molar-refractivity contribution >= 4 is 5.91 Å². The highest BCUT2D eigenvalue weighted by Gasteiger charge is 2.08. The molecule has 0 spiro atoms. The lowest BCUT2D eigenvalue weighted by atomic mass is 10.1. The molecule has 0 saturated heterocycles. The van der Waals surface area contributed by atoms with Crippen molar-refractivity contribution in [3.05, 3.63) is 23.8 Å². The first kappa shape index (κ1) is 12.3. The summed E-state index contributed by atoms with van der Waals surface area (Å²) < 4.78 is 0. The lowest BCUT2D eigenvalue weighted by Gasteiger charge is -2.14. The Morgan fingerprint density at radius 1 is 1.31 bits per heavy atom. The molecule has 1 atom stereocenters. The summed E-state index contributed by atoms with van der Waals surface area (Å²) in [5.41, 5.74) is 0.724. The Hall–Kier alpha value is -1.75. The van der Waals surface area contributed by atoms with Crippen LogP contribution in [0.5, 0.6) is 11.5 Å². The summed E-state index contributed by atoms with van der Waals surface area (Å²) >= 11 is 0. The third-order valence-corrected chi connectivity index (χ3v) is 2.27. The van der Waals surface area contributed by atoms with Gasteiger partial charge in [-0.3, -0.25) is 4.79 Å². The van der Waals surface area contributed by atoms with Crippen molar-refractivity contribution in [1.29, 1.82) is 0 Å². The van der Waals surface area contributed by atoms with Crippen LogP contribution in [0, 0.1) is 0 Å². The molecule has 4 N–H and O–H groups in total. The molecular weight excluding hydrogens is 208 g/mol. The topological polar surface area (TPSA) is 81.6 Å². The summed E-state index contributed by atoms with van der Waals surface area (Å²) in [6.45, 7) is 2.03. The van der Waals surface area contributed by atoms with Gasteiger partial charge in [0, 0.05) is 19.2 Å². The number of nitrogens with one attached hydrogen (secondary N) is 2. The smallest absolute Gasteiger partial charge is 0.233 e. The van der Waals surface area contributed by atoms with Gasteiger partial charge in [-0.15, -0.1) is 0 Å². The van der Waals surface area contributed by atoms with Gasteiger partial charge in [0.05, 0.1) is 6.54 Å². The highest BCUT2D eigenvalue weighted by Crippen LogP contribution is 2.24. The molecule has 1 amide bonds. The van der Waals surface area contributed by atoms with Gasteiger partial charge in [-0.05, 0) is 24.6 Å². The van der Waals surface area contributed by atoms with Gasteiger partial charge < -0.3 is 20.8 Å². The van der Waals surface area contributed by atoms with Crippen LogP contribution in [0.2, 0.25) is 0 Å². The van der Waals surface area contributed by atoms with Crippen molar-refractivity contribution in [2.24, 2.45) is 0 Å². The first-order chi connectivity index (χ1) is 7.52. The molecule has 1 aromatic carbocycles. The molecule has 16 heavy (non-hydrogen) atoms. The van der Waals surface area contributed by atoms with Crippen molar-refractivity contribution in [2.45, 2.75) is 13.0 Å². The minimum Gasteiger partial charge on any atom is -0.508 e. The molecule has 5 nitrogen and oxygen atoms in total. The number of aromatic hydroxyl groups is 2. The van der Waals surface area contributed by atoms with Crippen LogP contribution in [-0.4, -0.2) is 29.7 Å². The highest BCUT2D eigenvalue weighted by molar-refractivity contribution is 5.77. The molecule has 0 aliphatic heterocycles. The van der Waals surface area contributed by atoms with Crippen LogP contribution >= 0.6 is 0 Å². The first-order valence-electron chi connectivity index (χ1n) is 5.00. The van der Waals surface area contributed by atoms with Crippen LogP contribution in [0.4, 0.5) is 0 Å². The second kappa shape index (κ2) is 5.37. The van der Waals surface area contributed by atoms with E-state index < -0.39 is 0 Å². The highest BCUT2D eigenvalue weighted by atomic mass is 16.3. The number of hydrogen-bond donors (Lipinski definition) is 4. The van der Waals surface area contributed by atoms with Crippen LogP contribution in [-0.2, 0) is 4.79 Å². The minimum absolute atomic E-state index is 0.00333. The number of phenolic OH excluding ortho intramolecular Hbond substituents is 2. The second-order valence-corrected chi connectivity index (χ2v) is 3.56. The second-order valence-electron chi connectivity index (χ2n) is 3.56. The van der Waals surface area contributed by atoms with Crippen molar-refractivity contribution in [3.8, 4) is 11.5 Å². The molecule has 1 aromatic rings. The van der Waals surface area contributed by atoms with Gasteiger partial charge in [0.1, 0.15) is 11.5 Å². The normalized spacial score (nSPS) is 12.1. The maximum atomic E-state index is 11.0. The van der Waals surface area contributed by atoms with E-state index in [0.29, 0.717) is 0 Å². The number of carbonyl (C=O) groups is 1. The van der Waals surface area contributed by atoms with E-state index in [0.717, 1.165) is 5.56 Å². The minimum atomic E-state index is -0.129. The predicted molar refractivity (Wildman–Crippen MR) is 60.3 cm³/mol. The molecule has 88 valence electrons. The number of amides is 1. The molecule has 1 rings (SSSR count). The van der Waals surface area contributed by atoms with Crippen molar-refractivity contribution in [1.82, 2.24) is 10.6 Å². The van der Waals surface area contributed by atoms with Crippen molar-refractivity contribution in [2.75, 3.05) is 13.6 Å². The van der Waals surface area contributed by atoms with E-state index in [9.17, 15) is 15.0 Å². The summed E-state index contributed by atoms with van der Waals surface area (Å²) in [6, 6.07) is 4.22. The average molecular weight is 224 g/mol. The SMILES string of the molecule is CNC(=O)CNC(C)c1cc(O)cc(O)c1. The summed E-state index contributed by atoms with van der Waals surface area (Å²) in [4.78, 5) is 11.0. The number of carbonyl (C=O) groups excluding carboxylic acids is 1. The fourth-order valence-corrected chi connectivity index (χ4v) is 1.32. The van der Waals surface area contributed by atoms with Gasteiger partial charge in [-0.2, -0.15) is 0 Å². The van der Waals surface area contributed by atoms with Gasteiger partial charge in [0.2, 0.25) is 5.91 Å². The Morgan fingerprint density at radius 3 is 2.38 bits per heavy atom. The van der Waals surface area contributed by atoms with Crippen molar-refractivity contribution < 1.29 is 15.0 Å². The number of hydrogen-bond acceptors (Lipinski definition) is 4. The summed E-state index contributed by atoms with van der Waals surface area (Å²) in [7, 11) is 1.56. The lowest BCUT2D eigenvalue weighted by molar-refractivity contribution is -0.119. The zero-order valence-electron chi connectivity index (χ0n) is 9.32. The van der Waals surface area contributed by atoms with E-state index in [1.807, 2.05) is 6.92 Å². The molecule has 0 aliphatic rings. The Bertz CT molecular complexity index is 359. The predicted octanol–water partition coefficient (Wildman–Crippen LogP) is 0.494. The van der Waals surface area contributed by atoms with Crippen LogP contribution < -0.4 is 10.6 Å². The summed E-state index contributed by atoms with van der Waals surface area (Å²) in [6.07, 6.45) is 0. The lowest BCUT2D eigenvalue weighted by Crippen LogP contribution is -2.32. The van der Waals surface area contributed by atoms with Gasteiger partial charge in [-0.25, -0.2) is 0 Å². The van der Waals surface area contributed by atoms with Crippen LogP contribution in [0.1, 0.15) is 18.5 Å². The average Bonchev–Trinajstić information content (AvgIpc) is 2.23. The summed E-state index contributed by atoms with van der Waals surface area (Å²) in [5.74, 6) is -0.108. The molecule has 1 unspecified atom stereocenters. The monoisotopic (exact) mass is 224 g/mol. The fourth-order valence-electron chi connectivity index (χ4n) is 1.32. The zero-order chi connectivity index (χ0) is 12.1. The van der Waals surface area contributed by atoms with Crippen molar-refractivity contribution in [3.63, 3.8) is 0 Å². The van der Waals surface area contributed by atoms with E-state index in [4.69, 9.17) is 0 Å². The van der Waals surface area contributed by atoms with Gasteiger partial charge >= 0.3 is 0 Å². The molecule has 0 bridgehead atoms. The van der Waals surface area contributed by atoms with E-state index in [2.05, 4.69) is 10.6 Å². The molecule has 0 aromatic heterocycles. The van der Waals surface area contributed by atoms with E-state index >= 15 is 0 Å². The third kappa shape index (κ3) is 3.43. The molecule has 0 radical (unpaired) electrons. The van der Waals surface area contributed by atoms with Crippen LogP contribution in [0.3, 0.4) is 0 Å². The van der Waals surface area contributed by atoms with E-state index in [1.165, 1.54) is 6.07 Å². The Balaban J connectivity index is 2.65. The standard InChI is InChI=1S/C11H16N2O3/c1-7(13-6-11(16)12-2)8-3-9(14)5-10(15)4-8/h3-5,7,13-15H,6H2,1-2H3,(H,12,16). The van der Waals surface area contributed by atoms with E-state index in [-0.39, 0.29) is 30.0 Å². The number of benzene rings is 1. The van der Waals surface area contributed by atoms with Gasteiger partial charge in [0.15, 0.2) is 0 Å². The Morgan fingerprint density at radius 2 is 1.88 bits per heavy atom. The molecular formula is C11H16N2O3. The summed E-state index contributed by atoms with van der Waals surface area (Å²) in [5, 5.41) is 24.1. The van der Waals surface area contributed by atoms with Crippen LogP contribution in [0.15, 0.2) is 18.2 Å². The van der Waals surface area contributed by atoms with Gasteiger partial charge in [-0.1, -0.05) is 0 Å². The third-order valence-electron chi connectivity index (χ3n) is 2.27. The zero-order valence-corrected chi connectivity index (χ0v) is 9.32. The molecule has 0 heterocycles. The maximum absolute atomic E-state index is 11.0. The Labute approximate surface area is 94.1 Å². The molecule has 0 fully saturated rings. The Kier molecular flexibility index (Phi) is 4.13. The maximum Gasteiger partial charge on any atom is 0.233 e. The fraction of sp³-hybridized carbons (Fsp3) is 0.364. The molecule has 5 heteroatoms.